The summed E-state index contributed by atoms with van der Waals surface area (Å²) >= 11 is 0. The second-order valence-electron chi connectivity index (χ2n) is 4.11. The predicted molar refractivity (Wildman–Crippen MR) is 75.4 cm³/mol. The van der Waals surface area contributed by atoms with Gasteiger partial charge < -0.3 is 15.2 Å². The Kier molecular flexibility index (Phi) is 3.94. The highest BCUT2D eigenvalue weighted by Gasteiger charge is 2.10. The molecule has 1 aromatic heterocycles. The van der Waals surface area contributed by atoms with Crippen molar-refractivity contribution in [2.45, 2.75) is 13.8 Å². The standard InChI is InChI=1S/C14H19N3O2/c1-4-18-12-7-6-10(8-13(12)19-5-2)11-9-14(15)17(3)16-11/h6-9H,4-5,15H2,1-3H3. The van der Waals surface area contributed by atoms with Crippen LogP contribution in [-0.4, -0.2) is 23.0 Å². The predicted octanol–water partition coefficient (Wildman–Crippen LogP) is 2.47. The van der Waals surface area contributed by atoms with Crippen molar-refractivity contribution >= 4 is 5.82 Å². The first kappa shape index (κ1) is 13.3. The zero-order valence-electron chi connectivity index (χ0n) is 11.5. The third-order valence-electron chi connectivity index (χ3n) is 2.76. The Bertz CT molecular complexity index is 544. The number of aryl methyl sites for hydroxylation is 1. The van der Waals surface area contributed by atoms with Crippen molar-refractivity contribution in [3.8, 4) is 22.8 Å². The largest absolute Gasteiger partial charge is 0.490 e. The van der Waals surface area contributed by atoms with Crippen molar-refractivity contribution in [3.63, 3.8) is 0 Å². The number of benzene rings is 1. The molecule has 0 atom stereocenters. The third-order valence-corrected chi connectivity index (χ3v) is 2.76. The molecule has 2 rings (SSSR count). The summed E-state index contributed by atoms with van der Waals surface area (Å²) < 4.78 is 12.8. The van der Waals surface area contributed by atoms with Crippen LogP contribution in [0.15, 0.2) is 24.3 Å². The van der Waals surface area contributed by atoms with Crippen LogP contribution in [0.4, 0.5) is 5.82 Å². The van der Waals surface area contributed by atoms with Crippen molar-refractivity contribution in [2.24, 2.45) is 7.05 Å². The quantitative estimate of drug-likeness (QED) is 0.898. The highest BCUT2D eigenvalue weighted by atomic mass is 16.5. The number of nitrogens with zero attached hydrogens (tertiary/aromatic N) is 2. The van der Waals surface area contributed by atoms with Crippen molar-refractivity contribution in [2.75, 3.05) is 18.9 Å². The highest BCUT2D eigenvalue weighted by Crippen LogP contribution is 2.32. The Morgan fingerprint density at radius 2 is 1.79 bits per heavy atom. The van der Waals surface area contributed by atoms with Gasteiger partial charge in [-0.3, -0.25) is 4.68 Å². The Morgan fingerprint density at radius 3 is 2.37 bits per heavy atom. The van der Waals surface area contributed by atoms with Crippen molar-refractivity contribution in [1.29, 1.82) is 0 Å². The van der Waals surface area contributed by atoms with E-state index in [0.29, 0.717) is 19.0 Å². The smallest absolute Gasteiger partial charge is 0.161 e. The van der Waals surface area contributed by atoms with Gasteiger partial charge in [-0.25, -0.2) is 0 Å². The summed E-state index contributed by atoms with van der Waals surface area (Å²) in [6, 6.07) is 7.62. The zero-order chi connectivity index (χ0) is 13.8. The van der Waals surface area contributed by atoms with Gasteiger partial charge in [-0.05, 0) is 32.0 Å². The third kappa shape index (κ3) is 2.81. The number of aromatic nitrogens is 2. The minimum atomic E-state index is 0.591. The first-order valence-corrected chi connectivity index (χ1v) is 6.35. The summed E-state index contributed by atoms with van der Waals surface area (Å²) in [5.74, 6) is 2.10. The molecule has 0 spiro atoms. The lowest BCUT2D eigenvalue weighted by Gasteiger charge is -2.11. The molecule has 0 radical (unpaired) electrons. The fraction of sp³-hybridized carbons (Fsp3) is 0.357. The average molecular weight is 261 g/mol. The molecule has 0 saturated carbocycles. The van der Waals surface area contributed by atoms with Crippen LogP contribution in [0.5, 0.6) is 11.5 Å². The number of nitrogen functional groups attached to an aromatic ring is 1. The molecular formula is C14H19N3O2. The van der Waals surface area contributed by atoms with E-state index in [2.05, 4.69) is 5.10 Å². The molecular weight excluding hydrogens is 242 g/mol. The van der Waals surface area contributed by atoms with E-state index >= 15 is 0 Å². The van der Waals surface area contributed by atoms with E-state index in [1.165, 1.54) is 0 Å². The fourth-order valence-electron chi connectivity index (χ4n) is 1.83. The molecule has 0 saturated heterocycles. The first-order chi connectivity index (χ1) is 9.15. The second kappa shape index (κ2) is 5.65. The molecule has 1 heterocycles. The fourth-order valence-corrected chi connectivity index (χ4v) is 1.83. The van der Waals surface area contributed by atoms with E-state index < -0.39 is 0 Å². The Balaban J connectivity index is 2.39. The van der Waals surface area contributed by atoms with Crippen LogP contribution in [0.1, 0.15) is 13.8 Å². The number of anilines is 1. The molecule has 0 fully saturated rings. The van der Waals surface area contributed by atoms with Gasteiger partial charge in [-0.15, -0.1) is 0 Å². The maximum absolute atomic E-state index is 5.80. The number of ether oxygens (including phenoxy) is 2. The highest BCUT2D eigenvalue weighted by molar-refractivity contribution is 5.66. The summed E-state index contributed by atoms with van der Waals surface area (Å²) in [6.45, 7) is 5.09. The lowest BCUT2D eigenvalue weighted by atomic mass is 10.1. The summed E-state index contributed by atoms with van der Waals surface area (Å²) in [7, 11) is 1.82. The summed E-state index contributed by atoms with van der Waals surface area (Å²) in [5.41, 5.74) is 7.58. The summed E-state index contributed by atoms with van der Waals surface area (Å²) in [6.07, 6.45) is 0. The molecule has 102 valence electrons. The SMILES string of the molecule is CCOc1ccc(-c2cc(N)n(C)n2)cc1OCC. The maximum atomic E-state index is 5.80. The zero-order valence-corrected chi connectivity index (χ0v) is 11.5. The van der Waals surface area contributed by atoms with Crippen LogP contribution in [0.3, 0.4) is 0 Å². The van der Waals surface area contributed by atoms with E-state index in [9.17, 15) is 0 Å². The Morgan fingerprint density at radius 1 is 1.11 bits per heavy atom. The van der Waals surface area contributed by atoms with Gasteiger partial charge in [0.2, 0.25) is 0 Å². The minimum Gasteiger partial charge on any atom is -0.490 e. The van der Waals surface area contributed by atoms with Crippen molar-refractivity contribution in [1.82, 2.24) is 9.78 Å². The van der Waals surface area contributed by atoms with Gasteiger partial charge in [0, 0.05) is 18.7 Å². The van der Waals surface area contributed by atoms with E-state index in [1.807, 2.05) is 45.2 Å². The van der Waals surface area contributed by atoms with Crippen LogP contribution < -0.4 is 15.2 Å². The van der Waals surface area contributed by atoms with E-state index in [-0.39, 0.29) is 0 Å². The molecule has 19 heavy (non-hydrogen) atoms. The van der Waals surface area contributed by atoms with Gasteiger partial charge in [0.05, 0.1) is 18.9 Å². The van der Waals surface area contributed by atoms with Crippen LogP contribution >= 0.6 is 0 Å². The molecule has 1 aromatic carbocycles. The van der Waals surface area contributed by atoms with Crippen LogP contribution in [0, 0.1) is 0 Å². The van der Waals surface area contributed by atoms with Gasteiger partial charge in [0.25, 0.3) is 0 Å². The number of rotatable bonds is 5. The topological polar surface area (TPSA) is 62.3 Å². The van der Waals surface area contributed by atoms with Gasteiger partial charge in [0.1, 0.15) is 5.82 Å². The van der Waals surface area contributed by atoms with Gasteiger partial charge in [0.15, 0.2) is 11.5 Å². The lowest BCUT2D eigenvalue weighted by molar-refractivity contribution is 0.288. The first-order valence-electron chi connectivity index (χ1n) is 6.35. The number of nitrogens with two attached hydrogens (primary N) is 1. The molecule has 2 aromatic rings. The minimum absolute atomic E-state index is 0.591. The normalized spacial score (nSPS) is 10.5. The van der Waals surface area contributed by atoms with E-state index in [1.54, 1.807) is 4.68 Å². The molecule has 0 amide bonds. The van der Waals surface area contributed by atoms with Gasteiger partial charge >= 0.3 is 0 Å². The van der Waals surface area contributed by atoms with Crippen LogP contribution in [-0.2, 0) is 7.05 Å². The van der Waals surface area contributed by atoms with Crippen molar-refractivity contribution < 1.29 is 9.47 Å². The molecule has 0 aliphatic carbocycles. The molecule has 2 N–H and O–H groups in total. The van der Waals surface area contributed by atoms with Crippen LogP contribution in [0.2, 0.25) is 0 Å². The van der Waals surface area contributed by atoms with Gasteiger partial charge in [-0.1, -0.05) is 0 Å². The van der Waals surface area contributed by atoms with Crippen molar-refractivity contribution in [3.05, 3.63) is 24.3 Å². The lowest BCUT2D eigenvalue weighted by Crippen LogP contribution is -1.99. The average Bonchev–Trinajstić information content (AvgIpc) is 2.72. The molecule has 0 aliphatic heterocycles. The number of hydrogen-bond donors (Lipinski definition) is 1. The van der Waals surface area contributed by atoms with E-state index in [4.69, 9.17) is 15.2 Å². The molecule has 5 nitrogen and oxygen atoms in total. The maximum Gasteiger partial charge on any atom is 0.161 e. The molecule has 0 aliphatic rings. The Hall–Kier alpha value is -2.17. The Labute approximate surface area is 112 Å². The molecule has 0 unspecified atom stereocenters. The molecule has 5 heteroatoms. The summed E-state index contributed by atoms with van der Waals surface area (Å²) in [5, 5.41) is 4.35. The second-order valence-corrected chi connectivity index (χ2v) is 4.11. The van der Waals surface area contributed by atoms with Crippen LogP contribution in [0.25, 0.3) is 11.3 Å². The monoisotopic (exact) mass is 261 g/mol. The number of hydrogen-bond acceptors (Lipinski definition) is 4. The van der Waals surface area contributed by atoms with Gasteiger partial charge in [-0.2, -0.15) is 5.10 Å². The van der Waals surface area contributed by atoms with E-state index in [0.717, 1.165) is 22.8 Å². The summed E-state index contributed by atoms with van der Waals surface area (Å²) in [4.78, 5) is 0. The molecule has 0 bridgehead atoms.